The molecule has 3 heterocycles. The summed E-state index contributed by atoms with van der Waals surface area (Å²) in [6.07, 6.45) is 4.95. The fraction of sp³-hybridized carbons (Fsp3) is 0.214. The minimum Gasteiger partial charge on any atom is -0.364 e. The summed E-state index contributed by atoms with van der Waals surface area (Å²) < 4.78 is 12.0. The fourth-order valence-corrected chi connectivity index (χ4v) is 3.45. The molecule has 1 atom stereocenters. The van der Waals surface area contributed by atoms with Gasteiger partial charge in [0.2, 0.25) is 0 Å². The molecule has 9 heteroatoms. The molecule has 0 radical (unpaired) electrons. The SMILES string of the molecule is Clc1cccc(CO[C@H](Cn2ccnc2)c2snc(Cl)c2Cl)n1. The summed E-state index contributed by atoms with van der Waals surface area (Å²) in [6.45, 7) is 0.838. The lowest BCUT2D eigenvalue weighted by Gasteiger charge is -2.17. The Morgan fingerprint density at radius 3 is 2.78 bits per heavy atom. The third kappa shape index (κ3) is 4.22. The second-order valence-electron chi connectivity index (χ2n) is 4.66. The molecule has 0 spiro atoms. The van der Waals surface area contributed by atoms with Crippen LogP contribution in [0.15, 0.2) is 36.9 Å². The van der Waals surface area contributed by atoms with E-state index in [4.69, 9.17) is 39.5 Å². The third-order valence-corrected chi connectivity index (χ3v) is 5.17. The van der Waals surface area contributed by atoms with E-state index in [0.29, 0.717) is 23.3 Å². The Morgan fingerprint density at radius 2 is 2.13 bits per heavy atom. The molecule has 3 aromatic heterocycles. The van der Waals surface area contributed by atoms with E-state index in [1.165, 1.54) is 11.5 Å². The van der Waals surface area contributed by atoms with Crippen LogP contribution in [0.25, 0.3) is 0 Å². The van der Waals surface area contributed by atoms with Crippen molar-refractivity contribution in [2.45, 2.75) is 19.3 Å². The predicted molar refractivity (Wildman–Crippen MR) is 91.1 cm³/mol. The third-order valence-electron chi connectivity index (χ3n) is 3.06. The van der Waals surface area contributed by atoms with Gasteiger partial charge in [-0.1, -0.05) is 40.9 Å². The van der Waals surface area contributed by atoms with Crippen LogP contribution in [0.5, 0.6) is 0 Å². The zero-order valence-corrected chi connectivity index (χ0v) is 14.8. The number of nitrogens with zero attached hydrogens (tertiary/aromatic N) is 4. The molecular formula is C14H11Cl3N4OS. The average molecular weight is 390 g/mol. The van der Waals surface area contributed by atoms with Gasteiger partial charge in [-0.05, 0) is 23.7 Å². The van der Waals surface area contributed by atoms with Gasteiger partial charge in [-0.2, -0.15) is 4.37 Å². The van der Waals surface area contributed by atoms with Gasteiger partial charge in [0.05, 0.1) is 35.1 Å². The lowest BCUT2D eigenvalue weighted by atomic mass is 10.3. The minimum absolute atomic E-state index is 0.284. The second-order valence-corrected chi connectivity index (χ2v) is 6.59. The molecule has 0 fully saturated rings. The molecule has 0 saturated carbocycles. The molecule has 0 unspecified atom stereocenters. The summed E-state index contributed by atoms with van der Waals surface area (Å²) in [5.41, 5.74) is 0.736. The van der Waals surface area contributed by atoms with Gasteiger partial charge < -0.3 is 9.30 Å². The highest BCUT2D eigenvalue weighted by Gasteiger charge is 2.22. The summed E-state index contributed by atoms with van der Waals surface area (Å²) in [7, 11) is 0. The van der Waals surface area contributed by atoms with E-state index >= 15 is 0 Å². The fourth-order valence-electron chi connectivity index (χ4n) is 1.99. The van der Waals surface area contributed by atoms with Gasteiger partial charge in [-0.15, -0.1) is 0 Å². The van der Waals surface area contributed by atoms with Crippen LogP contribution in [0.2, 0.25) is 15.3 Å². The highest BCUT2D eigenvalue weighted by atomic mass is 35.5. The number of hydrogen-bond donors (Lipinski definition) is 0. The van der Waals surface area contributed by atoms with Crippen LogP contribution in [-0.4, -0.2) is 18.9 Å². The maximum atomic E-state index is 6.23. The van der Waals surface area contributed by atoms with Crippen LogP contribution < -0.4 is 0 Å². The zero-order valence-electron chi connectivity index (χ0n) is 11.7. The van der Waals surface area contributed by atoms with Crippen molar-refractivity contribution in [3.05, 3.63) is 62.8 Å². The van der Waals surface area contributed by atoms with Gasteiger partial charge in [-0.3, -0.25) is 0 Å². The van der Waals surface area contributed by atoms with Crippen molar-refractivity contribution in [3.63, 3.8) is 0 Å². The molecule has 0 aromatic carbocycles. The number of hydrogen-bond acceptors (Lipinski definition) is 5. The molecule has 3 aromatic rings. The largest absolute Gasteiger partial charge is 0.364 e. The molecule has 0 saturated heterocycles. The van der Waals surface area contributed by atoms with Crippen LogP contribution >= 0.6 is 46.3 Å². The standard InChI is InChI=1S/C14H11Cl3N4OS/c15-11-3-1-2-9(19-11)7-22-10(6-21-5-4-18-8-21)13-12(16)14(17)20-23-13/h1-5,8,10H,6-7H2/t10-/m1/s1. The number of halogens is 3. The minimum atomic E-state index is -0.317. The smallest absolute Gasteiger partial charge is 0.161 e. The first kappa shape index (κ1) is 16.7. The first-order chi connectivity index (χ1) is 11.1. The van der Waals surface area contributed by atoms with E-state index in [0.717, 1.165) is 10.6 Å². The molecule has 0 amide bonds. The Labute approximate surface area is 152 Å². The van der Waals surface area contributed by atoms with Crippen molar-refractivity contribution in [3.8, 4) is 0 Å². The lowest BCUT2D eigenvalue weighted by Crippen LogP contribution is -2.11. The Bertz CT molecular complexity index is 778. The van der Waals surface area contributed by atoms with Crippen molar-refractivity contribution < 1.29 is 4.74 Å². The maximum absolute atomic E-state index is 6.23. The number of ether oxygens (including phenoxy) is 1. The summed E-state index contributed by atoms with van der Waals surface area (Å²) >= 11 is 19.3. The van der Waals surface area contributed by atoms with Gasteiger partial charge in [0.25, 0.3) is 0 Å². The van der Waals surface area contributed by atoms with Gasteiger partial charge in [0, 0.05) is 12.4 Å². The van der Waals surface area contributed by atoms with Crippen molar-refractivity contribution in [2.24, 2.45) is 0 Å². The van der Waals surface area contributed by atoms with Crippen LogP contribution in [0.1, 0.15) is 16.7 Å². The van der Waals surface area contributed by atoms with Crippen molar-refractivity contribution >= 4 is 46.3 Å². The molecule has 0 aliphatic heterocycles. The number of pyridine rings is 1. The zero-order chi connectivity index (χ0) is 16.2. The second kappa shape index (κ2) is 7.59. The van der Waals surface area contributed by atoms with Gasteiger partial charge in [0.1, 0.15) is 11.3 Å². The van der Waals surface area contributed by atoms with Crippen molar-refractivity contribution in [2.75, 3.05) is 0 Å². The van der Waals surface area contributed by atoms with E-state index < -0.39 is 0 Å². The number of rotatable bonds is 6. The Morgan fingerprint density at radius 1 is 1.26 bits per heavy atom. The van der Waals surface area contributed by atoms with Crippen LogP contribution in [-0.2, 0) is 17.9 Å². The first-order valence-corrected chi connectivity index (χ1v) is 8.53. The monoisotopic (exact) mass is 388 g/mol. The Kier molecular flexibility index (Phi) is 5.50. The average Bonchev–Trinajstić information content (AvgIpc) is 3.15. The summed E-state index contributed by atoms with van der Waals surface area (Å²) in [5, 5.41) is 1.13. The van der Waals surface area contributed by atoms with E-state index in [1.807, 2.05) is 22.9 Å². The molecule has 0 N–H and O–H groups in total. The van der Waals surface area contributed by atoms with Crippen LogP contribution in [0.4, 0.5) is 0 Å². The van der Waals surface area contributed by atoms with E-state index in [-0.39, 0.29) is 11.3 Å². The summed E-state index contributed by atoms with van der Waals surface area (Å²) in [6, 6.07) is 5.39. The van der Waals surface area contributed by atoms with Crippen LogP contribution in [0.3, 0.4) is 0 Å². The van der Waals surface area contributed by atoms with E-state index in [1.54, 1.807) is 18.6 Å². The number of aromatic nitrogens is 4. The van der Waals surface area contributed by atoms with Crippen molar-refractivity contribution in [1.29, 1.82) is 0 Å². The maximum Gasteiger partial charge on any atom is 0.161 e. The highest BCUT2D eigenvalue weighted by molar-refractivity contribution is 7.07. The first-order valence-electron chi connectivity index (χ1n) is 6.63. The molecule has 120 valence electrons. The molecule has 0 bridgehead atoms. The molecule has 0 aliphatic rings. The van der Waals surface area contributed by atoms with E-state index in [2.05, 4.69) is 14.3 Å². The molecule has 3 rings (SSSR count). The molecule has 5 nitrogen and oxygen atoms in total. The highest BCUT2D eigenvalue weighted by Crippen LogP contribution is 2.36. The number of imidazole rings is 1. The molecule has 23 heavy (non-hydrogen) atoms. The van der Waals surface area contributed by atoms with Gasteiger partial charge >= 0.3 is 0 Å². The summed E-state index contributed by atoms with van der Waals surface area (Å²) in [5.74, 6) is 0. The van der Waals surface area contributed by atoms with Crippen LogP contribution in [0, 0.1) is 0 Å². The molecule has 0 aliphatic carbocycles. The summed E-state index contributed by atoms with van der Waals surface area (Å²) in [4.78, 5) is 9.02. The topological polar surface area (TPSA) is 52.8 Å². The Balaban J connectivity index is 1.79. The Hall–Kier alpha value is -1.18. The van der Waals surface area contributed by atoms with Crippen molar-refractivity contribution in [1.82, 2.24) is 18.9 Å². The normalized spacial score (nSPS) is 12.5. The van der Waals surface area contributed by atoms with E-state index in [9.17, 15) is 0 Å². The predicted octanol–water partition coefficient (Wildman–Crippen LogP) is 4.65. The van der Waals surface area contributed by atoms with Gasteiger partial charge in [0.15, 0.2) is 5.15 Å². The quantitative estimate of drug-likeness (QED) is 0.576. The lowest BCUT2D eigenvalue weighted by molar-refractivity contribution is 0.0286. The van der Waals surface area contributed by atoms with Gasteiger partial charge in [-0.25, -0.2) is 9.97 Å². The molecular weight excluding hydrogens is 379 g/mol.